The first-order valence-corrected chi connectivity index (χ1v) is 14.6. The Kier molecular flexibility index (Phi) is 8.43. The molecule has 6 atom stereocenters. The van der Waals surface area contributed by atoms with Crippen LogP contribution < -0.4 is 20.1 Å². The van der Waals surface area contributed by atoms with Crippen molar-refractivity contribution in [1.82, 2.24) is 15.5 Å². The van der Waals surface area contributed by atoms with Gasteiger partial charge in [0, 0.05) is 25.1 Å². The third-order valence-electron chi connectivity index (χ3n) is 9.06. The molecular weight excluding hydrogens is 562 g/mol. The van der Waals surface area contributed by atoms with Crippen LogP contribution in [0.2, 0.25) is 0 Å². The first-order valence-electron chi connectivity index (χ1n) is 14.6. The lowest BCUT2D eigenvalue weighted by molar-refractivity contribution is -0.206. The molecule has 1 unspecified atom stereocenters. The van der Waals surface area contributed by atoms with Gasteiger partial charge in [-0.2, -0.15) is 0 Å². The molecule has 1 aromatic rings. The summed E-state index contributed by atoms with van der Waals surface area (Å²) < 4.78 is 24.6. The fourth-order valence-electron chi connectivity index (χ4n) is 7.06. The number of hydrogen-bond donors (Lipinski definition) is 4. The van der Waals surface area contributed by atoms with Crippen LogP contribution in [0.25, 0.3) is 0 Å². The Bertz CT molecular complexity index is 1340. The molecule has 13 nitrogen and oxygen atoms in total. The molecule has 43 heavy (non-hydrogen) atoms. The molecule has 2 bridgehead atoms. The Balaban J connectivity index is 1.48. The van der Waals surface area contributed by atoms with Gasteiger partial charge < -0.3 is 39.8 Å². The van der Waals surface area contributed by atoms with E-state index < -0.39 is 53.1 Å². The zero-order valence-electron chi connectivity index (χ0n) is 24.8. The van der Waals surface area contributed by atoms with E-state index in [1.54, 1.807) is 13.2 Å². The van der Waals surface area contributed by atoms with Crippen molar-refractivity contribution in [1.29, 1.82) is 0 Å². The quantitative estimate of drug-likeness (QED) is 0.248. The second kappa shape index (κ2) is 11.8. The van der Waals surface area contributed by atoms with E-state index in [1.807, 2.05) is 19.2 Å². The number of aliphatic hydroxyl groups is 2. The molecule has 2 amide bonds. The van der Waals surface area contributed by atoms with Crippen LogP contribution >= 0.6 is 0 Å². The van der Waals surface area contributed by atoms with Gasteiger partial charge in [-0.05, 0) is 58.0 Å². The van der Waals surface area contributed by atoms with E-state index in [9.17, 15) is 29.4 Å². The van der Waals surface area contributed by atoms with Gasteiger partial charge in [0.25, 0.3) is 0 Å². The van der Waals surface area contributed by atoms with Gasteiger partial charge in [0.1, 0.15) is 23.6 Å². The van der Waals surface area contributed by atoms with Crippen LogP contribution in [0.5, 0.6) is 11.5 Å². The van der Waals surface area contributed by atoms with E-state index >= 15 is 0 Å². The molecule has 5 rings (SSSR count). The summed E-state index contributed by atoms with van der Waals surface area (Å²) in [5.41, 5.74) is -0.0197. The molecular formula is C30H39N3O10. The van der Waals surface area contributed by atoms with Crippen molar-refractivity contribution in [3.8, 4) is 11.5 Å². The number of methoxy groups -OCH3 is 1. The normalized spacial score (nSPS) is 27.9. The molecule has 4 aliphatic rings. The Morgan fingerprint density at radius 2 is 1.72 bits per heavy atom. The van der Waals surface area contributed by atoms with Crippen molar-refractivity contribution in [2.45, 2.75) is 81.3 Å². The maximum atomic E-state index is 13.4. The van der Waals surface area contributed by atoms with Crippen molar-refractivity contribution in [2.24, 2.45) is 0 Å². The molecule has 234 valence electrons. The van der Waals surface area contributed by atoms with Crippen LogP contribution in [0.15, 0.2) is 24.0 Å². The van der Waals surface area contributed by atoms with Crippen LogP contribution in [0.1, 0.15) is 50.7 Å². The minimum Gasteiger partial charge on any atom is -0.493 e. The summed E-state index contributed by atoms with van der Waals surface area (Å²) in [6.07, 6.45) is -0.262. The fourth-order valence-corrected chi connectivity index (χ4v) is 7.06. The summed E-state index contributed by atoms with van der Waals surface area (Å²) in [5, 5.41) is 23.9. The molecule has 2 aliphatic carbocycles. The Morgan fingerprint density at radius 1 is 1.07 bits per heavy atom. The van der Waals surface area contributed by atoms with Gasteiger partial charge in [0.15, 0.2) is 17.6 Å². The van der Waals surface area contributed by atoms with Crippen molar-refractivity contribution in [3.63, 3.8) is 0 Å². The molecule has 1 aromatic carbocycles. The van der Waals surface area contributed by atoms with Gasteiger partial charge in [-0.3, -0.25) is 24.1 Å². The number of likely N-dealkylation sites (tertiary alicyclic amines) is 1. The van der Waals surface area contributed by atoms with E-state index in [-0.39, 0.29) is 38.4 Å². The summed E-state index contributed by atoms with van der Waals surface area (Å²) in [6.45, 7) is 3.35. The first kappa shape index (κ1) is 30.8. The van der Waals surface area contributed by atoms with Gasteiger partial charge in [-0.15, -0.1) is 0 Å². The number of aliphatic hydroxyl groups excluding tert-OH is 2. The average molecular weight is 602 g/mol. The van der Waals surface area contributed by atoms with E-state index in [4.69, 9.17) is 18.9 Å². The van der Waals surface area contributed by atoms with E-state index in [0.29, 0.717) is 36.6 Å². The lowest BCUT2D eigenvalue weighted by Crippen LogP contribution is -2.75. The van der Waals surface area contributed by atoms with Crippen molar-refractivity contribution in [3.05, 3.63) is 35.1 Å². The summed E-state index contributed by atoms with van der Waals surface area (Å²) in [4.78, 5) is 52.0. The fraction of sp³-hybridized carbons (Fsp3) is 0.600. The van der Waals surface area contributed by atoms with Gasteiger partial charge in [-0.25, -0.2) is 0 Å². The highest BCUT2D eigenvalue weighted by atomic mass is 16.6. The highest BCUT2D eigenvalue weighted by molar-refractivity contribution is 5.81. The molecule has 2 heterocycles. The van der Waals surface area contributed by atoms with Crippen LogP contribution in [-0.2, 0) is 40.5 Å². The van der Waals surface area contributed by atoms with Gasteiger partial charge in [0.05, 0.1) is 31.4 Å². The number of esters is 2. The maximum absolute atomic E-state index is 13.4. The number of nitrogens with one attached hydrogen (secondary N) is 2. The Labute approximate surface area is 249 Å². The van der Waals surface area contributed by atoms with Crippen LogP contribution in [0, 0.1) is 0 Å². The number of amides is 2. The zero-order chi connectivity index (χ0) is 31.1. The molecule has 13 heteroatoms. The molecule has 0 saturated carbocycles. The molecule has 2 aliphatic heterocycles. The molecule has 0 radical (unpaired) electrons. The third kappa shape index (κ3) is 5.12. The van der Waals surface area contributed by atoms with Gasteiger partial charge >= 0.3 is 11.9 Å². The number of carbonyl (C=O) groups is 4. The first-order chi connectivity index (χ1) is 20.4. The minimum absolute atomic E-state index is 0.00599. The lowest BCUT2D eigenvalue weighted by Gasteiger charge is -2.62. The third-order valence-corrected chi connectivity index (χ3v) is 9.06. The van der Waals surface area contributed by atoms with E-state index in [0.717, 1.165) is 11.1 Å². The predicted octanol–water partition coefficient (Wildman–Crippen LogP) is -0.159. The van der Waals surface area contributed by atoms with Crippen molar-refractivity contribution >= 4 is 23.8 Å². The second-order valence-electron chi connectivity index (χ2n) is 11.6. The SMILES string of the molecule is COc1ccc2c3c1O[C@H]1C(OC(=O)CCNC(=O)C(C)O)=CC[C@@]4(OC(=O)CCNC(=O)[C@H](C)O)[C@@H](C2)N(C)CC[C@]314. The van der Waals surface area contributed by atoms with Gasteiger partial charge in [-0.1, -0.05) is 6.07 Å². The van der Waals surface area contributed by atoms with Crippen molar-refractivity contribution < 1.29 is 48.3 Å². The second-order valence-corrected chi connectivity index (χ2v) is 11.6. The zero-order valence-corrected chi connectivity index (χ0v) is 24.8. The summed E-state index contributed by atoms with van der Waals surface area (Å²) in [6, 6.07) is 3.64. The van der Waals surface area contributed by atoms with Crippen LogP contribution in [-0.4, -0.2) is 103 Å². The average Bonchev–Trinajstić information content (AvgIpc) is 3.32. The predicted molar refractivity (Wildman–Crippen MR) is 150 cm³/mol. The van der Waals surface area contributed by atoms with E-state index in [1.165, 1.54) is 13.8 Å². The standard InChI is InChI=1S/C30H39N3O10/c1-16(34)27(38)31-12-8-22(36)41-20-7-10-30(43-23(37)9-13-32-28(39)17(2)35)21-15-18-5-6-19(40-4)25-24(18)29(30,26(20)42-25)11-14-33(21)3/h5-7,16-17,21,26,34-35H,8-15H2,1-4H3,(H,31,38)(H,32,39)/t16?,17-,21+,26-,29-,30+/m0/s1. The minimum atomic E-state index is -1.19. The number of hydrogen-bond acceptors (Lipinski definition) is 11. The number of likely N-dealkylation sites (N-methyl/N-ethyl adjacent to an activating group) is 1. The van der Waals surface area contributed by atoms with Crippen LogP contribution in [0.3, 0.4) is 0 Å². The number of benzene rings is 1. The smallest absolute Gasteiger partial charge is 0.312 e. The lowest BCUT2D eigenvalue weighted by atomic mass is 9.50. The summed E-state index contributed by atoms with van der Waals surface area (Å²) in [5.74, 6) is -0.901. The van der Waals surface area contributed by atoms with Gasteiger partial charge in [0.2, 0.25) is 11.8 Å². The highest BCUT2D eigenvalue weighted by Crippen LogP contribution is 2.66. The summed E-state index contributed by atoms with van der Waals surface area (Å²) >= 11 is 0. The molecule has 4 N–H and O–H groups in total. The monoisotopic (exact) mass is 601 g/mol. The molecule has 1 saturated heterocycles. The molecule has 0 aromatic heterocycles. The number of piperidine rings is 1. The number of rotatable bonds is 11. The Hall–Kier alpha value is -3.68. The maximum Gasteiger partial charge on any atom is 0.312 e. The topological polar surface area (TPSA) is 173 Å². The Morgan fingerprint density at radius 3 is 2.35 bits per heavy atom. The van der Waals surface area contributed by atoms with Crippen LogP contribution in [0.4, 0.5) is 0 Å². The number of ether oxygens (including phenoxy) is 4. The number of carbonyl (C=O) groups excluding carboxylic acids is 4. The number of nitrogens with zero attached hydrogens (tertiary/aromatic N) is 1. The highest BCUT2D eigenvalue weighted by Gasteiger charge is 2.74. The molecule has 1 fully saturated rings. The van der Waals surface area contributed by atoms with Crippen molar-refractivity contribution in [2.75, 3.05) is 33.8 Å². The summed E-state index contributed by atoms with van der Waals surface area (Å²) in [7, 11) is 3.55. The van der Waals surface area contributed by atoms with E-state index in [2.05, 4.69) is 15.5 Å². The molecule has 1 spiro atoms. The largest absolute Gasteiger partial charge is 0.493 e.